The van der Waals surface area contributed by atoms with Crippen LogP contribution in [0.3, 0.4) is 0 Å². The molecule has 0 aliphatic rings. The van der Waals surface area contributed by atoms with E-state index in [-0.39, 0.29) is 24.0 Å². The lowest BCUT2D eigenvalue weighted by atomic mass is 10.1. The average molecular weight is 451 g/mol. The average Bonchev–Trinajstić information content (AvgIpc) is 2.54. The van der Waals surface area contributed by atoms with Crippen molar-refractivity contribution < 1.29 is 14.2 Å². The quantitative estimate of drug-likeness (QED) is 0.343. The maximum Gasteiger partial charge on any atom is 0.188 e. The van der Waals surface area contributed by atoms with Crippen LogP contribution in [0, 0.1) is 5.92 Å². The Labute approximate surface area is 162 Å². The van der Waals surface area contributed by atoms with Crippen LogP contribution in [0.15, 0.2) is 17.1 Å². The Bertz CT molecular complexity index is 497. The summed E-state index contributed by atoms with van der Waals surface area (Å²) in [7, 11) is 4.88. The summed E-state index contributed by atoms with van der Waals surface area (Å²) >= 11 is 0. The molecule has 0 bridgehead atoms. The zero-order chi connectivity index (χ0) is 17.2. The van der Waals surface area contributed by atoms with Crippen LogP contribution in [0.2, 0.25) is 0 Å². The predicted molar refractivity (Wildman–Crippen MR) is 109 cm³/mol. The number of hydrogen-bond donors (Lipinski definition) is 2. The van der Waals surface area contributed by atoms with E-state index in [1.807, 2.05) is 12.1 Å². The smallest absolute Gasteiger partial charge is 0.188 e. The summed E-state index contributed by atoms with van der Waals surface area (Å²) in [6.07, 6.45) is 1.74. The molecule has 1 aromatic carbocycles. The van der Waals surface area contributed by atoms with Gasteiger partial charge in [0, 0.05) is 30.8 Å². The molecule has 0 heterocycles. The monoisotopic (exact) mass is 451 g/mol. The second-order valence-corrected chi connectivity index (χ2v) is 5.64. The molecule has 0 saturated carbocycles. The third-order valence-corrected chi connectivity index (χ3v) is 3.49. The molecule has 0 unspecified atom stereocenters. The molecule has 0 aromatic heterocycles. The van der Waals surface area contributed by atoms with Gasteiger partial charge in [-0.25, -0.2) is 0 Å². The minimum Gasteiger partial charge on any atom is -0.496 e. The minimum absolute atomic E-state index is 0. The van der Waals surface area contributed by atoms with Gasteiger partial charge in [-0.05, 0) is 18.8 Å². The number of guanidine groups is 1. The SMILES string of the molecule is COc1cc(OC)c(CCNC(N)=NCCC(C)C)c(OC)c1.I. The van der Waals surface area contributed by atoms with E-state index in [2.05, 4.69) is 24.2 Å². The van der Waals surface area contributed by atoms with Gasteiger partial charge < -0.3 is 25.3 Å². The highest BCUT2D eigenvalue weighted by Gasteiger charge is 2.13. The topological polar surface area (TPSA) is 78.1 Å². The first-order valence-corrected chi connectivity index (χ1v) is 7.84. The molecule has 0 spiro atoms. The highest BCUT2D eigenvalue weighted by atomic mass is 127. The van der Waals surface area contributed by atoms with Crippen LogP contribution in [0.5, 0.6) is 17.2 Å². The first-order valence-electron chi connectivity index (χ1n) is 7.84. The van der Waals surface area contributed by atoms with Crippen molar-refractivity contribution in [2.75, 3.05) is 34.4 Å². The van der Waals surface area contributed by atoms with E-state index < -0.39 is 0 Å². The molecule has 0 fully saturated rings. The van der Waals surface area contributed by atoms with E-state index in [4.69, 9.17) is 19.9 Å². The molecule has 0 saturated heterocycles. The van der Waals surface area contributed by atoms with Crippen LogP contribution >= 0.6 is 24.0 Å². The van der Waals surface area contributed by atoms with Crippen molar-refractivity contribution >= 4 is 29.9 Å². The number of halogens is 1. The zero-order valence-electron chi connectivity index (χ0n) is 15.2. The van der Waals surface area contributed by atoms with E-state index in [9.17, 15) is 0 Å². The Morgan fingerprint density at radius 3 is 2.17 bits per heavy atom. The molecule has 138 valence electrons. The van der Waals surface area contributed by atoms with Gasteiger partial charge in [-0.15, -0.1) is 24.0 Å². The van der Waals surface area contributed by atoms with Gasteiger partial charge in [-0.1, -0.05) is 13.8 Å². The van der Waals surface area contributed by atoms with Crippen molar-refractivity contribution in [3.05, 3.63) is 17.7 Å². The van der Waals surface area contributed by atoms with Crippen LogP contribution in [0.25, 0.3) is 0 Å². The van der Waals surface area contributed by atoms with Crippen LogP contribution < -0.4 is 25.3 Å². The van der Waals surface area contributed by atoms with Crippen molar-refractivity contribution in [1.29, 1.82) is 0 Å². The molecule has 0 atom stereocenters. The molecule has 0 amide bonds. The van der Waals surface area contributed by atoms with Crippen molar-refractivity contribution in [2.24, 2.45) is 16.6 Å². The number of nitrogens with one attached hydrogen (secondary N) is 1. The fourth-order valence-corrected chi connectivity index (χ4v) is 2.14. The van der Waals surface area contributed by atoms with Crippen molar-refractivity contribution in [2.45, 2.75) is 26.7 Å². The highest BCUT2D eigenvalue weighted by molar-refractivity contribution is 14.0. The number of nitrogens with two attached hydrogens (primary N) is 1. The lowest BCUT2D eigenvalue weighted by molar-refractivity contribution is 0.368. The maximum absolute atomic E-state index is 5.87. The standard InChI is InChI=1S/C17H29N3O3.HI/c1-12(2)6-8-19-17(18)20-9-7-14-15(22-4)10-13(21-3)11-16(14)23-5;/h10-12H,6-9H2,1-5H3,(H3,18,19,20);1H. The van der Waals surface area contributed by atoms with Gasteiger partial charge >= 0.3 is 0 Å². The highest BCUT2D eigenvalue weighted by Crippen LogP contribution is 2.34. The fraction of sp³-hybridized carbons (Fsp3) is 0.588. The third kappa shape index (κ3) is 7.46. The van der Waals surface area contributed by atoms with Gasteiger partial charge in [0.15, 0.2) is 5.96 Å². The summed E-state index contributed by atoms with van der Waals surface area (Å²) in [6.45, 7) is 5.73. The van der Waals surface area contributed by atoms with Gasteiger partial charge in [-0.3, -0.25) is 4.99 Å². The Morgan fingerprint density at radius 2 is 1.71 bits per heavy atom. The summed E-state index contributed by atoms with van der Waals surface area (Å²) in [6, 6.07) is 3.69. The zero-order valence-corrected chi connectivity index (χ0v) is 17.5. The number of hydrogen-bond acceptors (Lipinski definition) is 4. The van der Waals surface area contributed by atoms with Gasteiger partial charge in [0.25, 0.3) is 0 Å². The molecule has 1 aromatic rings. The number of ether oxygens (including phenoxy) is 3. The lowest BCUT2D eigenvalue weighted by Gasteiger charge is -2.15. The molecular formula is C17H30IN3O3. The lowest BCUT2D eigenvalue weighted by Crippen LogP contribution is -2.33. The van der Waals surface area contributed by atoms with E-state index in [1.54, 1.807) is 21.3 Å². The number of methoxy groups -OCH3 is 3. The van der Waals surface area contributed by atoms with Crippen LogP contribution in [-0.4, -0.2) is 40.4 Å². The van der Waals surface area contributed by atoms with Gasteiger partial charge in [0.1, 0.15) is 17.2 Å². The second-order valence-electron chi connectivity index (χ2n) is 5.64. The summed E-state index contributed by atoms with van der Waals surface area (Å²) in [5.74, 6) is 3.26. The molecule has 6 nitrogen and oxygen atoms in total. The van der Waals surface area contributed by atoms with E-state index >= 15 is 0 Å². The molecule has 24 heavy (non-hydrogen) atoms. The first kappa shape index (κ1) is 22.6. The van der Waals surface area contributed by atoms with E-state index in [0.717, 1.165) is 30.0 Å². The van der Waals surface area contributed by atoms with Crippen LogP contribution in [-0.2, 0) is 6.42 Å². The van der Waals surface area contributed by atoms with Gasteiger partial charge in [0.2, 0.25) is 0 Å². The van der Waals surface area contributed by atoms with Crippen LogP contribution in [0.1, 0.15) is 25.8 Å². The Balaban J connectivity index is 0.00000529. The molecule has 3 N–H and O–H groups in total. The van der Waals surface area contributed by atoms with E-state index in [1.165, 1.54) is 0 Å². The third-order valence-electron chi connectivity index (χ3n) is 3.49. The first-order chi connectivity index (χ1) is 11.0. The Hall–Kier alpha value is -1.38. The summed E-state index contributed by atoms with van der Waals surface area (Å²) in [4.78, 5) is 4.31. The molecule has 0 aliphatic carbocycles. The number of nitrogens with zero attached hydrogens (tertiary/aromatic N) is 1. The number of benzene rings is 1. The molecular weight excluding hydrogens is 421 g/mol. The second kappa shape index (κ2) is 12.0. The number of aliphatic imine (C=N–C) groups is 1. The molecule has 0 aliphatic heterocycles. The summed E-state index contributed by atoms with van der Waals surface area (Å²) < 4.78 is 16.1. The molecule has 0 radical (unpaired) electrons. The molecule has 7 heteroatoms. The van der Waals surface area contributed by atoms with Crippen molar-refractivity contribution in [3.63, 3.8) is 0 Å². The number of rotatable bonds is 9. The summed E-state index contributed by atoms with van der Waals surface area (Å²) in [5, 5.41) is 3.12. The fourth-order valence-electron chi connectivity index (χ4n) is 2.14. The maximum atomic E-state index is 5.87. The predicted octanol–water partition coefficient (Wildman–Crippen LogP) is 2.82. The van der Waals surface area contributed by atoms with Gasteiger partial charge in [-0.2, -0.15) is 0 Å². The normalized spacial score (nSPS) is 11.0. The van der Waals surface area contributed by atoms with Crippen LogP contribution in [0.4, 0.5) is 0 Å². The largest absolute Gasteiger partial charge is 0.496 e. The van der Waals surface area contributed by atoms with E-state index in [0.29, 0.717) is 30.6 Å². The minimum atomic E-state index is 0. The Kier molecular flexibility index (Phi) is 11.4. The van der Waals surface area contributed by atoms with Crippen molar-refractivity contribution in [3.8, 4) is 17.2 Å². The molecule has 1 rings (SSSR count). The summed E-state index contributed by atoms with van der Waals surface area (Å²) in [5.41, 5.74) is 6.84. The Morgan fingerprint density at radius 1 is 1.12 bits per heavy atom. The van der Waals surface area contributed by atoms with Crippen molar-refractivity contribution in [1.82, 2.24) is 5.32 Å². The van der Waals surface area contributed by atoms with Gasteiger partial charge in [0.05, 0.1) is 21.3 Å².